The molecule has 0 bridgehead atoms. The molecule has 0 atom stereocenters. The average molecular weight is 336 g/mol. The van der Waals surface area contributed by atoms with E-state index in [2.05, 4.69) is 15.5 Å². The monoisotopic (exact) mass is 336 g/mol. The average Bonchev–Trinajstić information content (AvgIpc) is 2.98. The summed E-state index contributed by atoms with van der Waals surface area (Å²) in [5.74, 6) is 0.744. The summed E-state index contributed by atoms with van der Waals surface area (Å²) in [4.78, 5) is 22.6. The summed E-state index contributed by atoms with van der Waals surface area (Å²) in [6.07, 6.45) is 0.991. The van der Waals surface area contributed by atoms with E-state index in [0.717, 1.165) is 12.2 Å². The van der Waals surface area contributed by atoms with Gasteiger partial charge in [0.05, 0.1) is 11.5 Å². The maximum atomic E-state index is 12.2. The molecule has 9 heteroatoms. The first-order valence-electron chi connectivity index (χ1n) is 7.00. The zero-order valence-corrected chi connectivity index (χ0v) is 13.6. The van der Waals surface area contributed by atoms with Gasteiger partial charge in [0, 0.05) is 22.9 Å². The number of rotatable bonds is 7. The maximum absolute atomic E-state index is 12.2. The number of carbonyl (C=O) groups is 1. The summed E-state index contributed by atoms with van der Waals surface area (Å²) >= 11 is 1.45. The van der Waals surface area contributed by atoms with Crippen molar-refractivity contribution < 1.29 is 14.1 Å². The summed E-state index contributed by atoms with van der Waals surface area (Å²) < 4.78 is 5.38. The van der Waals surface area contributed by atoms with Gasteiger partial charge in [-0.3, -0.25) is 14.9 Å². The number of aromatic nitrogens is 2. The van der Waals surface area contributed by atoms with Crippen molar-refractivity contribution >= 4 is 23.4 Å². The molecule has 1 aromatic carbocycles. The molecule has 0 aliphatic rings. The number of nitro groups is 1. The normalized spacial score (nSPS) is 10.5. The van der Waals surface area contributed by atoms with Crippen LogP contribution < -0.4 is 5.32 Å². The van der Waals surface area contributed by atoms with Gasteiger partial charge in [-0.15, -0.1) is 10.2 Å². The first kappa shape index (κ1) is 16.9. The third-order valence-electron chi connectivity index (χ3n) is 3.02. The fourth-order valence-corrected chi connectivity index (χ4v) is 2.51. The van der Waals surface area contributed by atoms with Gasteiger partial charge in [0.1, 0.15) is 0 Å². The molecule has 0 unspecified atom stereocenters. The molecule has 2 rings (SSSR count). The lowest BCUT2D eigenvalue weighted by atomic mass is 10.1. The van der Waals surface area contributed by atoms with Crippen molar-refractivity contribution in [1.29, 1.82) is 0 Å². The van der Waals surface area contributed by atoms with E-state index >= 15 is 0 Å². The van der Waals surface area contributed by atoms with Gasteiger partial charge >= 0.3 is 0 Å². The van der Waals surface area contributed by atoms with Crippen molar-refractivity contribution in [3.8, 4) is 0 Å². The van der Waals surface area contributed by atoms with Crippen LogP contribution in [0.3, 0.4) is 0 Å². The van der Waals surface area contributed by atoms with Crippen LogP contribution in [0, 0.1) is 17.0 Å². The quantitative estimate of drug-likeness (QED) is 0.470. The van der Waals surface area contributed by atoms with Crippen molar-refractivity contribution in [2.75, 3.05) is 5.75 Å². The maximum Gasteiger partial charge on any atom is 0.276 e. The summed E-state index contributed by atoms with van der Waals surface area (Å²) in [5, 5.41) is 21.7. The molecule has 1 amide bonds. The van der Waals surface area contributed by atoms with Crippen LogP contribution in [0.15, 0.2) is 27.8 Å². The molecule has 0 saturated heterocycles. The molecule has 0 aliphatic heterocycles. The summed E-state index contributed by atoms with van der Waals surface area (Å²) in [6, 6.07) is 4.38. The molecule has 122 valence electrons. The Kier molecular flexibility index (Phi) is 5.69. The fraction of sp³-hybridized carbons (Fsp3) is 0.357. The van der Waals surface area contributed by atoms with Gasteiger partial charge in [-0.1, -0.05) is 24.8 Å². The molecule has 1 aromatic heterocycles. The van der Waals surface area contributed by atoms with E-state index in [4.69, 9.17) is 4.42 Å². The van der Waals surface area contributed by atoms with Gasteiger partial charge in [-0.25, -0.2) is 0 Å². The molecule has 0 radical (unpaired) electrons. The molecular weight excluding hydrogens is 320 g/mol. The van der Waals surface area contributed by atoms with Crippen molar-refractivity contribution in [2.24, 2.45) is 0 Å². The Labute approximate surface area is 136 Å². The predicted molar refractivity (Wildman–Crippen MR) is 84.3 cm³/mol. The molecule has 0 spiro atoms. The number of hydrogen-bond acceptors (Lipinski definition) is 7. The van der Waals surface area contributed by atoms with E-state index in [0.29, 0.717) is 16.7 Å². The Morgan fingerprint density at radius 2 is 2.22 bits per heavy atom. The van der Waals surface area contributed by atoms with Crippen LogP contribution in [-0.4, -0.2) is 26.8 Å². The second-order valence-corrected chi connectivity index (χ2v) is 5.75. The highest BCUT2D eigenvalue weighted by Crippen LogP contribution is 2.21. The SMILES string of the molecule is CCCSc1nnc(CNC(=O)c2cccc([N+](=O)[O-])c2C)o1. The molecule has 0 aliphatic carbocycles. The standard InChI is InChI=1S/C14H16N4O4S/c1-3-7-23-14-17-16-12(22-14)8-15-13(19)10-5-4-6-11(9(10)2)18(20)21/h4-6H,3,7-8H2,1-2H3,(H,15,19). The van der Waals surface area contributed by atoms with Crippen molar-refractivity contribution in [2.45, 2.75) is 32.0 Å². The van der Waals surface area contributed by atoms with Gasteiger partial charge in [0.2, 0.25) is 5.89 Å². The van der Waals surface area contributed by atoms with Crippen molar-refractivity contribution in [3.63, 3.8) is 0 Å². The van der Waals surface area contributed by atoms with E-state index < -0.39 is 10.8 Å². The van der Waals surface area contributed by atoms with Crippen LogP contribution in [0.5, 0.6) is 0 Å². The summed E-state index contributed by atoms with van der Waals surface area (Å²) in [5.41, 5.74) is 0.479. The Balaban J connectivity index is 2.01. The Morgan fingerprint density at radius 1 is 1.43 bits per heavy atom. The first-order chi connectivity index (χ1) is 11.0. The molecule has 2 aromatic rings. The number of carbonyl (C=O) groups excluding carboxylic acids is 1. The Hall–Kier alpha value is -2.42. The van der Waals surface area contributed by atoms with Crippen molar-refractivity contribution in [3.05, 3.63) is 45.3 Å². The van der Waals surface area contributed by atoms with E-state index in [1.165, 1.54) is 30.0 Å². The lowest BCUT2D eigenvalue weighted by Crippen LogP contribution is -2.24. The highest BCUT2D eigenvalue weighted by Gasteiger charge is 2.18. The zero-order valence-electron chi connectivity index (χ0n) is 12.7. The molecule has 1 N–H and O–H groups in total. The molecule has 23 heavy (non-hydrogen) atoms. The van der Waals surface area contributed by atoms with Gasteiger partial charge in [-0.05, 0) is 19.4 Å². The summed E-state index contributed by atoms with van der Waals surface area (Å²) in [6.45, 7) is 3.66. The molecule has 8 nitrogen and oxygen atoms in total. The van der Waals surface area contributed by atoms with E-state index in [1.54, 1.807) is 6.92 Å². The number of benzene rings is 1. The van der Waals surface area contributed by atoms with Crippen LogP contribution in [0.4, 0.5) is 5.69 Å². The van der Waals surface area contributed by atoms with Crippen LogP contribution in [-0.2, 0) is 6.54 Å². The molecule has 1 heterocycles. The van der Waals surface area contributed by atoms with Gasteiger partial charge in [0.15, 0.2) is 0 Å². The third kappa shape index (κ3) is 4.28. The van der Waals surface area contributed by atoms with Crippen molar-refractivity contribution in [1.82, 2.24) is 15.5 Å². The molecular formula is C14H16N4O4S. The van der Waals surface area contributed by atoms with E-state index in [-0.39, 0.29) is 17.8 Å². The lowest BCUT2D eigenvalue weighted by Gasteiger charge is -2.06. The number of nitro benzene ring substituents is 1. The van der Waals surface area contributed by atoms with Crippen LogP contribution in [0.1, 0.15) is 35.2 Å². The Morgan fingerprint density at radius 3 is 2.91 bits per heavy atom. The number of amides is 1. The second-order valence-electron chi connectivity index (χ2n) is 4.70. The van der Waals surface area contributed by atoms with Crippen LogP contribution in [0.25, 0.3) is 0 Å². The van der Waals surface area contributed by atoms with Gasteiger partial charge < -0.3 is 9.73 Å². The predicted octanol–water partition coefficient (Wildman–Crippen LogP) is 2.72. The topological polar surface area (TPSA) is 111 Å². The molecule has 0 fully saturated rings. The first-order valence-corrected chi connectivity index (χ1v) is 7.98. The fourth-order valence-electron chi connectivity index (χ4n) is 1.88. The van der Waals surface area contributed by atoms with E-state index in [9.17, 15) is 14.9 Å². The zero-order chi connectivity index (χ0) is 16.8. The number of hydrogen-bond donors (Lipinski definition) is 1. The van der Waals surface area contributed by atoms with Gasteiger partial charge in [-0.2, -0.15) is 0 Å². The Bertz CT molecular complexity index is 717. The minimum absolute atomic E-state index is 0.0701. The second kappa shape index (κ2) is 7.73. The van der Waals surface area contributed by atoms with Gasteiger partial charge in [0.25, 0.3) is 16.8 Å². The van der Waals surface area contributed by atoms with E-state index in [1.807, 2.05) is 6.92 Å². The van der Waals surface area contributed by atoms with Crippen LogP contribution in [0.2, 0.25) is 0 Å². The highest BCUT2D eigenvalue weighted by atomic mass is 32.2. The lowest BCUT2D eigenvalue weighted by molar-refractivity contribution is -0.385. The minimum atomic E-state index is -0.513. The number of nitrogens with zero attached hydrogens (tertiary/aromatic N) is 3. The third-order valence-corrected chi connectivity index (χ3v) is 4.05. The highest BCUT2D eigenvalue weighted by molar-refractivity contribution is 7.99. The number of thioether (sulfide) groups is 1. The number of nitrogens with one attached hydrogen (secondary N) is 1. The molecule has 0 saturated carbocycles. The smallest absolute Gasteiger partial charge is 0.276 e. The largest absolute Gasteiger partial charge is 0.414 e. The summed E-state index contributed by atoms with van der Waals surface area (Å²) in [7, 11) is 0. The minimum Gasteiger partial charge on any atom is -0.414 e. The van der Waals surface area contributed by atoms with Crippen LogP contribution >= 0.6 is 11.8 Å².